The third-order valence-corrected chi connectivity index (χ3v) is 1.53. The summed E-state index contributed by atoms with van der Waals surface area (Å²) < 4.78 is 9.50. The van der Waals surface area contributed by atoms with Crippen LogP contribution < -0.4 is 0 Å². The molecular weight excluding hydrogens is 260 g/mol. The highest BCUT2D eigenvalue weighted by molar-refractivity contribution is 5.68. The molecule has 0 saturated carbocycles. The first kappa shape index (κ1) is 17.6. The number of carbonyl (C=O) groups excluding carboxylic acids is 1. The Bertz CT molecular complexity index is 315. The lowest BCUT2D eigenvalue weighted by atomic mass is 10.2. The number of hydrazine groups is 1. The molecule has 0 aromatic heterocycles. The van der Waals surface area contributed by atoms with Crippen molar-refractivity contribution in [3.05, 3.63) is 5.21 Å². The minimum absolute atomic E-state index is 0.0802. The molecule has 0 heterocycles. The summed E-state index contributed by atoms with van der Waals surface area (Å²) in [6, 6.07) is 0. The molecule has 9 nitrogen and oxygen atoms in total. The van der Waals surface area contributed by atoms with E-state index in [1.54, 1.807) is 20.8 Å². The van der Waals surface area contributed by atoms with Crippen LogP contribution in [0.2, 0.25) is 0 Å². The zero-order valence-electron chi connectivity index (χ0n) is 11.6. The number of rotatable bonds is 6. The Morgan fingerprint density at radius 1 is 1.37 bits per heavy atom. The molecule has 0 fully saturated rings. The number of ether oxygens (including phenoxy) is 2. The number of aliphatic carboxylic acids is 1. The Kier molecular flexibility index (Phi) is 6.70. The van der Waals surface area contributed by atoms with E-state index in [2.05, 4.69) is 9.57 Å². The largest absolute Gasteiger partial charge is 0.748 e. The van der Waals surface area contributed by atoms with Gasteiger partial charge in [0.2, 0.25) is 6.29 Å². The molecule has 0 saturated heterocycles. The van der Waals surface area contributed by atoms with E-state index in [0.717, 1.165) is 5.01 Å². The standard InChI is InChI=1S/C10H19N2O7/c1-7(17-9(15)18-10(2,3)4)19-12(16)11(5)6-8(13)14/h7H,6H2,1-5H3,(H,13,14)/q-1. The predicted octanol–water partition coefficient (Wildman–Crippen LogP) is 0.947. The maximum atomic E-state index is 11.3. The highest BCUT2D eigenvalue weighted by Gasteiger charge is 2.20. The lowest BCUT2D eigenvalue weighted by Gasteiger charge is -2.36. The van der Waals surface area contributed by atoms with Gasteiger partial charge in [-0.2, -0.15) is 5.34 Å². The van der Waals surface area contributed by atoms with Gasteiger partial charge in [0, 0.05) is 14.0 Å². The maximum absolute atomic E-state index is 11.3. The summed E-state index contributed by atoms with van der Waals surface area (Å²) in [5, 5.41) is 20.4. The summed E-state index contributed by atoms with van der Waals surface area (Å²) >= 11 is 0. The normalized spacial score (nSPS) is 13.5. The van der Waals surface area contributed by atoms with Crippen molar-refractivity contribution in [2.24, 2.45) is 0 Å². The Balaban J connectivity index is 4.13. The van der Waals surface area contributed by atoms with E-state index in [1.165, 1.54) is 14.0 Å². The van der Waals surface area contributed by atoms with Crippen LogP contribution >= 0.6 is 0 Å². The van der Waals surface area contributed by atoms with Gasteiger partial charge in [-0.15, -0.1) is 0 Å². The Hall–Kier alpha value is -1.42. The molecule has 0 aromatic rings. The van der Waals surface area contributed by atoms with E-state index >= 15 is 0 Å². The summed E-state index contributed by atoms with van der Waals surface area (Å²) in [4.78, 5) is 26.2. The second-order valence-corrected chi connectivity index (χ2v) is 4.70. The van der Waals surface area contributed by atoms with E-state index in [1.807, 2.05) is 0 Å². The summed E-state index contributed by atoms with van der Waals surface area (Å²) in [6.45, 7) is 5.70. The van der Waals surface area contributed by atoms with Crippen molar-refractivity contribution in [3.8, 4) is 0 Å². The van der Waals surface area contributed by atoms with Gasteiger partial charge < -0.3 is 19.8 Å². The molecule has 0 aliphatic heterocycles. The zero-order valence-corrected chi connectivity index (χ0v) is 11.6. The van der Waals surface area contributed by atoms with Gasteiger partial charge in [0.15, 0.2) is 0 Å². The van der Waals surface area contributed by atoms with Gasteiger partial charge in [-0.05, 0) is 20.8 Å². The lowest BCUT2D eigenvalue weighted by molar-refractivity contribution is -0.311. The van der Waals surface area contributed by atoms with Crippen LogP contribution in [0.5, 0.6) is 0 Å². The third kappa shape index (κ3) is 9.19. The fraction of sp³-hybridized carbons (Fsp3) is 0.800. The molecule has 19 heavy (non-hydrogen) atoms. The zero-order chi connectivity index (χ0) is 15.2. The van der Waals surface area contributed by atoms with Crippen LogP contribution in [0.3, 0.4) is 0 Å². The molecule has 1 atom stereocenters. The first-order valence-electron chi connectivity index (χ1n) is 5.48. The number of carboxylic acids is 1. The van der Waals surface area contributed by atoms with E-state index in [0.29, 0.717) is 0 Å². The van der Waals surface area contributed by atoms with E-state index < -0.39 is 30.6 Å². The first-order valence-corrected chi connectivity index (χ1v) is 5.48. The molecule has 1 unspecified atom stereocenters. The van der Waals surface area contributed by atoms with Gasteiger partial charge in [-0.1, -0.05) is 0 Å². The monoisotopic (exact) mass is 279 g/mol. The average molecular weight is 279 g/mol. The second-order valence-electron chi connectivity index (χ2n) is 4.70. The molecule has 0 spiro atoms. The van der Waals surface area contributed by atoms with Crippen molar-refractivity contribution in [2.75, 3.05) is 13.6 Å². The third-order valence-electron chi connectivity index (χ3n) is 1.53. The van der Waals surface area contributed by atoms with Gasteiger partial charge >= 0.3 is 12.1 Å². The molecule has 0 bridgehead atoms. The molecule has 0 rings (SSSR count). The van der Waals surface area contributed by atoms with Crippen LogP contribution in [-0.4, -0.2) is 53.1 Å². The van der Waals surface area contributed by atoms with Crippen molar-refractivity contribution in [1.82, 2.24) is 10.3 Å². The van der Waals surface area contributed by atoms with Gasteiger partial charge in [-0.3, -0.25) is 9.63 Å². The number of carbonyl (C=O) groups is 2. The van der Waals surface area contributed by atoms with Crippen LogP contribution in [0.4, 0.5) is 4.79 Å². The van der Waals surface area contributed by atoms with Crippen LogP contribution in [0, 0.1) is 5.21 Å². The van der Waals surface area contributed by atoms with E-state index in [-0.39, 0.29) is 5.34 Å². The van der Waals surface area contributed by atoms with Gasteiger partial charge in [0.05, 0.1) is 0 Å². The molecule has 0 radical (unpaired) electrons. The van der Waals surface area contributed by atoms with Gasteiger partial charge in [0.1, 0.15) is 12.1 Å². The van der Waals surface area contributed by atoms with Crippen molar-refractivity contribution in [1.29, 1.82) is 0 Å². The summed E-state index contributed by atoms with van der Waals surface area (Å²) in [5.74, 6) is -1.20. The van der Waals surface area contributed by atoms with E-state index in [4.69, 9.17) is 9.84 Å². The quantitative estimate of drug-likeness (QED) is 0.431. The number of likely N-dealkylation sites (N-methyl/N-ethyl adjacent to an activating group) is 1. The molecular formula is C10H19N2O7-. The number of hydrogen-bond donors (Lipinski definition) is 1. The predicted molar refractivity (Wildman–Crippen MR) is 63.3 cm³/mol. The van der Waals surface area contributed by atoms with Gasteiger partial charge in [-0.25, -0.2) is 9.80 Å². The lowest BCUT2D eigenvalue weighted by Crippen LogP contribution is -2.41. The average Bonchev–Trinajstić information content (AvgIpc) is 2.11. The maximum Gasteiger partial charge on any atom is 0.511 e. The Labute approximate surface area is 111 Å². The molecule has 0 aliphatic carbocycles. The first-order chi connectivity index (χ1) is 8.51. The number of hydrogen-bond acceptors (Lipinski definition) is 8. The van der Waals surface area contributed by atoms with E-state index in [9.17, 15) is 14.8 Å². The van der Waals surface area contributed by atoms with Crippen molar-refractivity contribution in [2.45, 2.75) is 39.6 Å². The van der Waals surface area contributed by atoms with Crippen molar-refractivity contribution < 1.29 is 29.0 Å². The van der Waals surface area contributed by atoms with Crippen molar-refractivity contribution in [3.63, 3.8) is 0 Å². The topological polar surface area (TPSA) is 112 Å². The molecule has 0 amide bonds. The minimum Gasteiger partial charge on any atom is -0.748 e. The Morgan fingerprint density at radius 2 is 1.89 bits per heavy atom. The molecule has 112 valence electrons. The second kappa shape index (κ2) is 7.24. The molecule has 0 aromatic carbocycles. The highest BCUT2D eigenvalue weighted by Crippen LogP contribution is 2.10. The summed E-state index contributed by atoms with van der Waals surface area (Å²) in [5.41, 5.74) is -0.728. The molecule has 0 aliphatic rings. The fourth-order valence-corrected chi connectivity index (χ4v) is 0.892. The Morgan fingerprint density at radius 3 is 2.32 bits per heavy atom. The number of nitrogens with zero attached hydrogens (tertiary/aromatic N) is 2. The van der Waals surface area contributed by atoms with Gasteiger partial charge in [0.25, 0.3) is 0 Å². The summed E-state index contributed by atoms with van der Waals surface area (Å²) in [6.07, 6.45) is -2.21. The van der Waals surface area contributed by atoms with Crippen molar-refractivity contribution >= 4 is 12.1 Å². The van der Waals surface area contributed by atoms with Crippen LogP contribution in [-0.2, 0) is 19.1 Å². The fourth-order valence-electron chi connectivity index (χ4n) is 0.892. The van der Waals surface area contributed by atoms with Crippen LogP contribution in [0.25, 0.3) is 0 Å². The SMILES string of the molecule is CC(OC(=O)OC(C)(C)C)ON([O-])N(C)CC(=O)O. The number of carboxylic acid groups (broad SMARTS) is 1. The smallest absolute Gasteiger partial charge is 0.511 e. The highest BCUT2D eigenvalue weighted by atomic mass is 17.0. The minimum atomic E-state index is -1.22. The molecule has 9 heteroatoms. The molecule has 1 N–H and O–H groups in total. The van der Waals surface area contributed by atoms with Crippen LogP contribution in [0.15, 0.2) is 0 Å². The van der Waals surface area contributed by atoms with Crippen LogP contribution in [0.1, 0.15) is 27.7 Å². The summed E-state index contributed by atoms with van der Waals surface area (Å²) in [7, 11) is 1.21.